The molecule has 180 valence electrons. The SMILES string of the molecule is CCCCc1nc2ccc(Br)cc2c(=O)n1N=Cc1cc(OC)c(OCC(=O)OCC)cc1Br. The second-order valence-electron chi connectivity index (χ2n) is 7.27. The molecule has 1 heterocycles. The molecule has 0 amide bonds. The minimum Gasteiger partial charge on any atom is -0.493 e. The van der Waals surface area contributed by atoms with Crippen LogP contribution in [0.25, 0.3) is 10.9 Å². The summed E-state index contributed by atoms with van der Waals surface area (Å²) in [5.74, 6) is 0.904. The highest BCUT2D eigenvalue weighted by molar-refractivity contribution is 9.10. The summed E-state index contributed by atoms with van der Waals surface area (Å²) < 4.78 is 18.6. The second kappa shape index (κ2) is 12.1. The summed E-state index contributed by atoms with van der Waals surface area (Å²) in [5.41, 5.74) is 1.05. The number of rotatable bonds is 10. The Bertz CT molecular complexity index is 1270. The van der Waals surface area contributed by atoms with Gasteiger partial charge in [0.05, 0.1) is 30.8 Å². The van der Waals surface area contributed by atoms with Crippen molar-refractivity contribution in [2.24, 2.45) is 5.10 Å². The fourth-order valence-electron chi connectivity index (χ4n) is 3.19. The molecule has 0 fully saturated rings. The molecular formula is C24H25Br2N3O5. The normalized spacial score (nSPS) is 11.2. The van der Waals surface area contributed by atoms with Gasteiger partial charge in [-0.15, -0.1) is 0 Å². The average Bonchev–Trinajstić information content (AvgIpc) is 2.82. The number of unbranched alkanes of at least 4 members (excludes halogenated alkanes) is 1. The monoisotopic (exact) mass is 593 g/mol. The van der Waals surface area contributed by atoms with Crippen LogP contribution in [0.3, 0.4) is 0 Å². The Morgan fingerprint density at radius 1 is 1.18 bits per heavy atom. The van der Waals surface area contributed by atoms with Crippen LogP contribution in [0.2, 0.25) is 0 Å². The zero-order chi connectivity index (χ0) is 24.7. The number of aryl methyl sites for hydroxylation is 1. The number of hydrogen-bond donors (Lipinski definition) is 0. The summed E-state index contributed by atoms with van der Waals surface area (Å²) in [4.78, 5) is 29.5. The number of methoxy groups -OCH3 is 1. The standard InChI is InChI=1S/C24H25Br2N3O5/c1-4-6-7-22-28-19-9-8-16(25)11-17(19)24(31)29(22)27-13-15-10-20(32-3)21(12-18(15)26)34-14-23(30)33-5-2/h8-13H,4-7,14H2,1-3H3. The van der Waals surface area contributed by atoms with E-state index in [4.69, 9.17) is 14.2 Å². The van der Waals surface area contributed by atoms with E-state index in [9.17, 15) is 9.59 Å². The highest BCUT2D eigenvalue weighted by Gasteiger charge is 2.14. The molecule has 10 heteroatoms. The number of benzene rings is 2. The van der Waals surface area contributed by atoms with Crippen LogP contribution in [0.4, 0.5) is 0 Å². The van der Waals surface area contributed by atoms with E-state index in [1.54, 1.807) is 31.3 Å². The molecule has 0 saturated carbocycles. The third kappa shape index (κ3) is 6.24. The number of fused-ring (bicyclic) bond motifs is 1. The Balaban J connectivity index is 1.99. The molecule has 3 aromatic rings. The van der Waals surface area contributed by atoms with Gasteiger partial charge in [-0.25, -0.2) is 9.78 Å². The van der Waals surface area contributed by atoms with Crippen molar-refractivity contribution in [1.82, 2.24) is 9.66 Å². The first-order chi connectivity index (χ1) is 16.4. The lowest BCUT2D eigenvalue weighted by Gasteiger charge is -2.12. The topological polar surface area (TPSA) is 92.0 Å². The van der Waals surface area contributed by atoms with Crippen LogP contribution < -0.4 is 15.0 Å². The third-order valence-corrected chi connectivity index (χ3v) is 6.06. The number of aromatic nitrogens is 2. The van der Waals surface area contributed by atoms with Gasteiger partial charge in [0.25, 0.3) is 5.56 Å². The Morgan fingerprint density at radius 2 is 1.97 bits per heavy atom. The van der Waals surface area contributed by atoms with Crippen molar-refractivity contribution in [3.63, 3.8) is 0 Å². The fourth-order valence-corrected chi connectivity index (χ4v) is 3.98. The minimum atomic E-state index is -0.472. The minimum absolute atomic E-state index is 0.238. The number of ether oxygens (including phenoxy) is 3. The Morgan fingerprint density at radius 3 is 2.68 bits per heavy atom. The summed E-state index contributed by atoms with van der Waals surface area (Å²) in [7, 11) is 1.50. The quantitative estimate of drug-likeness (QED) is 0.240. The summed E-state index contributed by atoms with van der Waals surface area (Å²) >= 11 is 6.91. The van der Waals surface area contributed by atoms with Crippen molar-refractivity contribution in [3.05, 3.63) is 61.0 Å². The first kappa shape index (κ1) is 25.9. The lowest BCUT2D eigenvalue weighted by Crippen LogP contribution is -2.22. The molecule has 0 atom stereocenters. The maximum absolute atomic E-state index is 13.2. The van der Waals surface area contributed by atoms with E-state index in [0.29, 0.717) is 44.7 Å². The maximum atomic E-state index is 13.2. The molecule has 0 aliphatic rings. The van der Waals surface area contributed by atoms with E-state index < -0.39 is 5.97 Å². The molecule has 0 spiro atoms. The summed E-state index contributed by atoms with van der Waals surface area (Å²) in [6.07, 6.45) is 4.03. The van der Waals surface area contributed by atoms with Crippen LogP contribution in [0.15, 0.2) is 49.2 Å². The van der Waals surface area contributed by atoms with Crippen LogP contribution >= 0.6 is 31.9 Å². The molecule has 34 heavy (non-hydrogen) atoms. The molecule has 0 aliphatic carbocycles. The average molecular weight is 595 g/mol. The Labute approximate surface area is 214 Å². The maximum Gasteiger partial charge on any atom is 0.344 e. The summed E-state index contributed by atoms with van der Waals surface area (Å²) in [6, 6.07) is 8.81. The summed E-state index contributed by atoms with van der Waals surface area (Å²) in [6.45, 7) is 3.85. The van der Waals surface area contributed by atoms with Crippen LogP contribution in [0, 0.1) is 0 Å². The molecule has 0 bridgehead atoms. The van der Waals surface area contributed by atoms with E-state index in [1.165, 1.54) is 11.8 Å². The number of halogens is 2. The largest absolute Gasteiger partial charge is 0.493 e. The van der Waals surface area contributed by atoms with E-state index in [0.717, 1.165) is 17.3 Å². The highest BCUT2D eigenvalue weighted by Crippen LogP contribution is 2.33. The third-order valence-electron chi connectivity index (χ3n) is 4.88. The van der Waals surface area contributed by atoms with Crippen molar-refractivity contribution in [2.45, 2.75) is 33.1 Å². The number of carbonyl (C=O) groups excluding carboxylic acids is 1. The first-order valence-electron chi connectivity index (χ1n) is 10.8. The lowest BCUT2D eigenvalue weighted by molar-refractivity contribution is -0.145. The number of esters is 1. The van der Waals surface area contributed by atoms with E-state index in [-0.39, 0.29) is 18.8 Å². The van der Waals surface area contributed by atoms with E-state index >= 15 is 0 Å². The Kier molecular flexibility index (Phi) is 9.23. The fraction of sp³-hybridized carbons (Fsp3) is 0.333. The molecule has 0 radical (unpaired) electrons. The number of carbonyl (C=O) groups is 1. The zero-order valence-corrected chi connectivity index (χ0v) is 22.3. The number of nitrogens with zero attached hydrogens (tertiary/aromatic N) is 3. The van der Waals surface area contributed by atoms with Gasteiger partial charge in [0, 0.05) is 20.9 Å². The first-order valence-corrected chi connectivity index (χ1v) is 12.4. The van der Waals surface area contributed by atoms with Gasteiger partial charge in [-0.1, -0.05) is 29.3 Å². The van der Waals surface area contributed by atoms with E-state index in [2.05, 4.69) is 48.9 Å². The van der Waals surface area contributed by atoms with Gasteiger partial charge in [-0.3, -0.25) is 4.79 Å². The molecule has 0 saturated heterocycles. The molecule has 1 aromatic heterocycles. The van der Waals surface area contributed by atoms with Crippen LogP contribution in [-0.2, 0) is 16.0 Å². The predicted molar refractivity (Wildman–Crippen MR) is 138 cm³/mol. The van der Waals surface area contributed by atoms with Gasteiger partial charge >= 0.3 is 5.97 Å². The molecule has 0 aliphatic heterocycles. The van der Waals surface area contributed by atoms with Crippen molar-refractivity contribution < 1.29 is 19.0 Å². The molecule has 3 rings (SSSR count). The van der Waals surface area contributed by atoms with Crippen molar-refractivity contribution >= 4 is 54.9 Å². The van der Waals surface area contributed by atoms with Gasteiger partial charge in [-0.2, -0.15) is 9.78 Å². The molecule has 8 nitrogen and oxygen atoms in total. The second-order valence-corrected chi connectivity index (χ2v) is 9.04. The van der Waals surface area contributed by atoms with Gasteiger partial charge in [0.1, 0.15) is 5.82 Å². The van der Waals surface area contributed by atoms with Crippen molar-refractivity contribution in [1.29, 1.82) is 0 Å². The number of hydrogen-bond acceptors (Lipinski definition) is 7. The summed E-state index contributed by atoms with van der Waals surface area (Å²) in [5, 5.41) is 4.95. The van der Waals surface area contributed by atoms with Crippen LogP contribution in [0.1, 0.15) is 38.1 Å². The lowest BCUT2D eigenvalue weighted by atomic mass is 10.2. The van der Waals surface area contributed by atoms with Crippen molar-refractivity contribution in [2.75, 3.05) is 20.3 Å². The highest BCUT2D eigenvalue weighted by atomic mass is 79.9. The van der Waals surface area contributed by atoms with Crippen LogP contribution in [0.5, 0.6) is 11.5 Å². The van der Waals surface area contributed by atoms with E-state index in [1.807, 2.05) is 12.1 Å². The van der Waals surface area contributed by atoms with Crippen LogP contribution in [-0.4, -0.2) is 42.2 Å². The van der Waals surface area contributed by atoms with Crippen molar-refractivity contribution in [3.8, 4) is 11.5 Å². The van der Waals surface area contributed by atoms with Gasteiger partial charge < -0.3 is 14.2 Å². The smallest absolute Gasteiger partial charge is 0.344 e. The van der Waals surface area contributed by atoms with Gasteiger partial charge in [-0.05, 0) is 59.6 Å². The molecular weight excluding hydrogens is 570 g/mol. The van der Waals surface area contributed by atoms with Gasteiger partial charge in [0.15, 0.2) is 18.1 Å². The molecule has 2 aromatic carbocycles. The van der Waals surface area contributed by atoms with Gasteiger partial charge in [0.2, 0.25) is 0 Å². The predicted octanol–water partition coefficient (Wildman–Crippen LogP) is 5.10. The Hall–Kier alpha value is -2.72. The zero-order valence-electron chi connectivity index (χ0n) is 19.1. The molecule has 0 unspecified atom stereocenters. The molecule has 0 N–H and O–H groups in total.